The number of pyridine rings is 1. The molecule has 1 heterocycles. The van der Waals surface area contributed by atoms with Gasteiger partial charge in [-0.05, 0) is 11.5 Å². The zero-order valence-corrected chi connectivity index (χ0v) is 16.3. The number of aliphatic imine (C=N–C) groups is 1. The summed E-state index contributed by atoms with van der Waals surface area (Å²) in [7, 11) is 5.12. The van der Waals surface area contributed by atoms with Crippen molar-refractivity contribution in [2.24, 2.45) is 10.4 Å². The van der Waals surface area contributed by atoms with Gasteiger partial charge >= 0.3 is 0 Å². The van der Waals surface area contributed by atoms with E-state index in [4.69, 9.17) is 14.2 Å². The molecule has 142 valence electrons. The Balaban J connectivity index is 2.57. The van der Waals surface area contributed by atoms with Gasteiger partial charge in [0.25, 0.3) is 0 Å². The Morgan fingerprint density at radius 3 is 2.60 bits per heavy atom. The van der Waals surface area contributed by atoms with Gasteiger partial charge in [0.1, 0.15) is 6.61 Å². The van der Waals surface area contributed by atoms with Gasteiger partial charge in [-0.2, -0.15) is 0 Å². The van der Waals surface area contributed by atoms with E-state index in [9.17, 15) is 0 Å². The molecule has 0 aliphatic heterocycles. The summed E-state index contributed by atoms with van der Waals surface area (Å²) in [6.45, 7) is 8.67. The van der Waals surface area contributed by atoms with Gasteiger partial charge in [0.2, 0.25) is 5.88 Å². The molecule has 0 saturated carbocycles. The van der Waals surface area contributed by atoms with Crippen LogP contribution in [0.1, 0.15) is 26.3 Å². The minimum Gasteiger partial charge on any atom is -0.475 e. The van der Waals surface area contributed by atoms with E-state index in [-0.39, 0.29) is 11.5 Å². The van der Waals surface area contributed by atoms with Gasteiger partial charge in [-0.15, -0.1) is 0 Å². The molecule has 2 N–H and O–H groups in total. The number of nitrogens with zero attached hydrogens (tertiary/aromatic N) is 2. The van der Waals surface area contributed by atoms with Crippen molar-refractivity contribution in [1.29, 1.82) is 0 Å². The average molecular weight is 352 g/mol. The number of hydrogen-bond donors (Lipinski definition) is 2. The van der Waals surface area contributed by atoms with Gasteiger partial charge in [0, 0.05) is 46.1 Å². The minimum atomic E-state index is 0.0479. The third kappa shape index (κ3) is 7.70. The lowest BCUT2D eigenvalue weighted by molar-refractivity contribution is 0.0205. The molecule has 0 amide bonds. The Bertz CT molecular complexity index is 529. The van der Waals surface area contributed by atoms with Crippen LogP contribution in [0.4, 0.5) is 0 Å². The monoisotopic (exact) mass is 352 g/mol. The van der Waals surface area contributed by atoms with Crippen molar-refractivity contribution in [3.05, 3.63) is 23.9 Å². The van der Waals surface area contributed by atoms with Crippen molar-refractivity contribution in [1.82, 2.24) is 15.6 Å². The van der Waals surface area contributed by atoms with Crippen molar-refractivity contribution in [2.45, 2.75) is 33.4 Å². The van der Waals surface area contributed by atoms with Crippen LogP contribution in [0.5, 0.6) is 5.88 Å². The van der Waals surface area contributed by atoms with Crippen molar-refractivity contribution < 1.29 is 14.2 Å². The highest BCUT2D eigenvalue weighted by Crippen LogP contribution is 2.21. The summed E-state index contributed by atoms with van der Waals surface area (Å²) >= 11 is 0. The first-order chi connectivity index (χ1) is 11.9. The fourth-order valence-electron chi connectivity index (χ4n) is 2.24. The molecule has 1 aromatic rings. The Kier molecular flexibility index (Phi) is 9.23. The van der Waals surface area contributed by atoms with E-state index >= 15 is 0 Å². The van der Waals surface area contributed by atoms with Gasteiger partial charge in [-0.1, -0.05) is 26.8 Å². The van der Waals surface area contributed by atoms with Crippen LogP contribution in [-0.2, 0) is 16.0 Å². The normalized spacial score (nSPS) is 13.4. The van der Waals surface area contributed by atoms with E-state index in [1.54, 1.807) is 27.5 Å². The second-order valence-corrected chi connectivity index (χ2v) is 6.71. The fourth-order valence-corrected chi connectivity index (χ4v) is 2.24. The second kappa shape index (κ2) is 10.9. The van der Waals surface area contributed by atoms with Crippen molar-refractivity contribution in [3.8, 4) is 5.88 Å². The molecule has 7 nitrogen and oxygen atoms in total. The van der Waals surface area contributed by atoms with Crippen LogP contribution in [-0.4, -0.2) is 58.1 Å². The van der Waals surface area contributed by atoms with Crippen molar-refractivity contribution in [2.75, 3.05) is 41.0 Å². The Morgan fingerprint density at radius 2 is 2.00 bits per heavy atom. The molecule has 25 heavy (non-hydrogen) atoms. The molecule has 0 aliphatic rings. The molecule has 0 aliphatic carbocycles. The maximum Gasteiger partial charge on any atom is 0.218 e. The van der Waals surface area contributed by atoms with Gasteiger partial charge in [0.15, 0.2) is 5.96 Å². The van der Waals surface area contributed by atoms with Gasteiger partial charge in [-0.3, -0.25) is 4.99 Å². The molecule has 0 aromatic carbocycles. The number of guanidine groups is 1. The van der Waals surface area contributed by atoms with Gasteiger partial charge < -0.3 is 24.8 Å². The quantitative estimate of drug-likeness (QED) is 0.401. The third-order valence-electron chi connectivity index (χ3n) is 3.75. The number of nitrogens with one attached hydrogen (secondary N) is 2. The van der Waals surface area contributed by atoms with E-state index in [1.165, 1.54) is 0 Å². The van der Waals surface area contributed by atoms with Crippen LogP contribution in [0.2, 0.25) is 0 Å². The lowest BCUT2D eigenvalue weighted by Gasteiger charge is -2.30. The Labute approximate surface area is 151 Å². The van der Waals surface area contributed by atoms with E-state index in [0.717, 1.165) is 5.56 Å². The molecular formula is C18H32N4O3. The number of hydrogen-bond acceptors (Lipinski definition) is 5. The zero-order chi connectivity index (χ0) is 18.7. The lowest BCUT2D eigenvalue weighted by atomic mass is 9.89. The fraction of sp³-hybridized carbons (Fsp3) is 0.667. The van der Waals surface area contributed by atoms with Crippen LogP contribution >= 0.6 is 0 Å². The topological polar surface area (TPSA) is 77.0 Å². The van der Waals surface area contributed by atoms with Crippen molar-refractivity contribution in [3.63, 3.8) is 0 Å². The van der Waals surface area contributed by atoms with E-state index in [0.29, 0.717) is 38.1 Å². The van der Waals surface area contributed by atoms with E-state index < -0.39 is 0 Å². The van der Waals surface area contributed by atoms with Crippen LogP contribution in [0.3, 0.4) is 0 Å². The molecule has 7 heteroatoms. The summed E-state index contributed by atoms with van der Waals surface area (Å²) in [5, 5.41) is 6.58. The molecule has 0 radical (unpaired) electrons. The highest BCUT2D eigenvalue weighted by molar-refractivity contribution is 5.79. The highest BCUT2D eigenvalue weighted by atomic mass is 16.5. The number of aromatic nitrogens is 1. The minimum absolute atomic E-state index is 0.0479. The first kappa shape index (κ1) is 21.2. The molecule has 0 saturated heterocycles. The highest BCUT2D eigenvalue weighted by Gasteiger charge is 2.24. The molecule has 0 spiro atoms. The van der Waals surface area contributed by atoms with Gasteiger partial charge in [0.05, 0.1) is 12.7 Å². The summed E-state index contributed by atoms with van der Waals surface area (Å²) in [5.41, 5.74) is 1.01. The van der Waals surface area contributed by atoms with Gasteiger partial charge in [-0.25, -0.2) is 4.98 Å². The summed E-state index contributed by atoms with van der Waals surface area (Å²) in [5.74, 6) is 1.31. The number of ether oxygens (including phenoxy) is 3. The van der Waals surface area contributed by atoms with E-state index in [2.05, 4.69) is 41.4 Å². The molecule has 1 atom stereocenters. The number of rotatable bonds is 9. The van der Waals surface area contributed by atoms with Crippen molar-refractivity contribution >= 4 is 5.96 Å². The lowest BCUT2D eigenvalue weighted by Crippen LogP contribution is -2.45. The molecule has 1 rings (SSSR count). The summed E-state index contributed by atoms with van der Waals surface area (Å²) in [6, 6.07) is 3.86. The smallest absolute Gasteiger partial charge is 0.218 e. The molecule has 0 bridgehead atoms. The summed E-state index contributed by atoms with van der Waals surface area (Å²) in [4.78, 5) is 8.53. The second-order valence-electron chi connectivity index (χ2n) is 6.71. The van der Waals surface area contributed by atoms with Crippen LogP contribution < -0.4 is 15.4 Å². The predicted octanol–water partition coefficient (Wildman–Crippen LogP) is 1.83. The first-order valence-corrected chi connectivity index (χ1v) is 8.45. The van der Waals surface area contributed by atoms with Crippen LogP contribution in [0.25, 0.3) is 0 Å². The average Bonchev–Trinajstić information content (AvgIpc) is 2.58. The first-order valence-electron chi connectivity index (χ1n) is 8.45. The molecule has 0 fully saturated rings. The SMILES string of the molecule is CN=C(NCc1cccnc1OCCOC)NCC(OC)C(C)(C)C. The summed E-state index contributed by atoms with van der Waals surface area (Å²) in [6.07, 6.45) is 1.79. The largest absolute Gasteiger partial charge is 0.475 e. The van der Waals surface area contributed by atoms with E-state index in [1.807, 2.05) is 12.1 Å². The van der Waals surface area contributed by atoms with Crippen LogP contribution in [0, 0.1) is 5.41 Å². The summed E-state index contributed by atoms with van der Waals surface area (Å²) < 4.78 is 16.2. The predicted molar refractivity (Wildman–Crippen MR) is 100 cm³/mol. The molecular weight excluding hydrogens is 320 g/mol. The Hall–Kier alpha value is -1.86. The molecule has 1 unspecified atom stereocenters. The zero-order valence-electron chi connectivity index (χ0n) is 16.3. The maximum atomic E-state index is 5.65. The standard InChI is InChI=1S/C18H32N4O3/c1-18(2,3)15(24-6)13-22-17(19-4)21-12-14-8-7-9-20-16(14)25-11-10-23-5/h7-9,15H,10-13H2,1-6H3,(H2,19,21,22). The molecule has 1 aromatic heterocycles. The van der Waals surface area contributed by atoms with Crippen LogP contribution in [0.15, 0.2) is 23.3 Å². The Morgan fingerprint density at radius 1 is 1.24 bits per heavy atom. The maximum absolute atomic E-state index is 5.65. The number of methoxy groups -OCH3 is 2. The third-order valence-corrected chi connectivity index (χ3v) is 3.75.